The molecule has 0 heterocycles. The van der Waals surface area contributed by atoms with Gasteiger partial charge in [-0.1, -0.05) is 5.57 Å². The zero-order valence-corrected chi connectivity index (χ0v) is 6.78. The minimum atomic E-state index is -1.19. The van der Waals surface area contributed by atoms with Crippen molar-refractivity contribution >= 4 is 0 Å². The topological polar surface area (TPSA) is 86.7 Å². The number of hydrogen-bond donors (Lipinski definition) is 4. The van der Waals surface area contributed by atoms with E-state index in [1.54, 1.807) is 13.8 Å². The van der Waals surface area contributed by atoms with Crippen molar-refractivity contribution in [2.24, 2.45) is 5.73 Å². The molecule has 0 fully saturated rings. The van der Waals surface area contributed by atoms with Crippen LogP contribution in [0.4, 0.5) is 0 Å². The van der Waals surface area contributed by atoms with Gasteiger partial charge in [-0.3, -0.25) is 0 Å². The second kappa shape index (κ2) is 4.33. The van der Waals surface area contributed by atoms with Crippen LogP contribution in [0.2, 0.25) is 0 Å². The van der Waals surface area contributed by atoms with Gasteiger partial charge in [0.1, 0.15) is 12.2 Å². The van der Waals surface area contributed by atoms with Crippen LogP contribution in [0.5, 0.6) is 0 Å². The fraction of sp³-hybridized carbons (Fsp3) is 0.714. The predicted octanol–water partition coefficient (Wildman–Crippen LogP) is -1.05. The Morgan fingerprint density at radius 3 is 2.09 bits per heavy atom. The van der Waals surface area contributed by atoms with Gasteiger partial charge in [0, 0.05) is 5.70 Å². The average Bonchev–Trinajstić information content (AvgIpc) is 2.00. The highest BCUT2D eigenvalue weighted by Crippen LogP contribution is 2.05. The van der Waals surface area contributed by atoms with Gasteiger partial charge >= 0.3 is 0 Å². The molecule has 0 aliphatic rings. The maximum Gasteiger partial charge on any atom is 0.121 e. The lowest BCUT2D eigenvalue weighted by Crippen LogP contribution is -2.34. The lowest BCUT2D eigenvalue weighted by Gasteiger charge is -2.16. The van der Waals surface area contributed by atoms with Crippen LogP contribution < -0.4 is 5.73 Å². The van der Waals surface area contributed by atoms with Gasteiger partial charge in [-0.2, -0.15) is 0 Å². The van der Waals surface area contributed by atoms with Crippen molar-refractivity contribution in [1.29, 1.82) is 0 Å². The van der Waals surface area contributed by atoms with Crippen LogP contribution in [-0.4, -0.2) is 34.1 Å². The third kappa shape index (κ3) is 2.88. The van der Waals surface area contributed by atoms with Gasteiger partial charge in [0.15, 0.2) is 0 Å². The second-order valence-corrected chi connectivity index (χ2v) is 2.65. The van der Waals surface area contributed by atoms with Crippen LogP contribution in [0.3, 0.4) is 0 Å². The molecule has 2 unspecified atom stereocenters. The van der Waals surface area contributed by atoms with Crippen LogP contribution in [0.15, 0.2) is 11.3 Å². The van der Waals surface area contributed by atoms with Crippen molar-refractivity contribution in [3.8, 4) is 0 Å². The summed E-state index contributed by atoms with van der Waals surface area (Å²) in [6, 6.07) is 0. The van der Waals surface area contributed by atoms with E-state index in [1.807, 2.05) is 0 Å². The molecule has 0 saturated carbocycles. The van der Waals surface area contributed by atoms with E-state index in [1.165, 1.54) is 0 Å². The Kier molecular flexibility index (Phi) is 4.10. The fourth-order valence-electron chi connectivity index (χ4n) is 0.603. The number of aliphatic hydroxyl groups excluding tert-OH is 3. The van der Waals surface area contributed by atoms with Gasteiger partial charge in [-0.15, -0.1) is 0 Å². The van der Waals surface area contributed by atoms with Gasteiger partial charge in [-0.05, 0) is 13.8 Å². The summed E-state index contributed by atoms with van der Waals surface area (Å²) in [5.74, 6) is 0. The van der Waals surface area contributed by atoms with Gasteiger partial charge in [0.05, 0.1) is 6.61 Å². The fourth-order valence-corrected chi connectivity index (χ4v) is 0.603. The number of aliphatic hydroxyl groups is 3. The molecule has 0 amide bonds. The molecular formula is C7H15NO3. The number of nitrogens with two attached hydrogens (primary N) is 1. The molecular weight excluding hydrogens is 146 g/mol. The molecule has 5 N–H and O–H groups in total. The third-order valence-corrected chi connectivity index (χ3v) is 1.45. The molecule has 4 nitrogen and oxygen atoms in total. The van der Waals surface area contributed by atoms with Crippen LogP contribution in [0.25, 0.3) is 0 Å². The molecule has 2 atom stereocenters. The predicted molar refractivity (Wildman–Crippen MR) is 41.7 cm³/mol. The molecule has 0 radical (unpaired) electrons. The highest BCUT2D eigenvalue weighted by molar-refractivity contribution is 5.11. The largest absolute Gasteiger partial charge is 0.400 e. The molecule has 0 aromatic rings. The maximum absolute atomic E-state index is 9.16. The Bertz CT molecular complexity index is 152. The Labute approximate surface area is 66.0 Å². The van der Waals surface area contributed by atoms with E-state index in [-0.39, 0.29) is 5.70 Å². The summed E-state index contributed by atoms with van der Waals surface area (Å²) in [6.07, 6.45) is -2.35. The summed E-state index contributed by atoms with van der Waals surface area (Å²) in [5, 5.41) is 26.5. The number of allylic oxidation sites excluding steroid dienone is 1. The number of hydrogen-bond acceptors (Lipinski definition) is 4. The zero-order valence-electron chi connectivity index (χ0n) is 6.78. The third-order valence-electron chi connectivity index (χ3n) is 1.45. The van der Waals surface area contributed by atoms with Crippen LogP contribution in [0, 0.1) is 0 Å². The summed E-state index contributed by atoms with van der Waals surface area (Å²) in [6.45, 7) is 2.96. The van der Waals surface area contributed by atoms with Crippen molar-refractivity contribution in [3.05, 3.63) is 11.3 Å². The molecule has 0 aliphatic heterocycles. The van der Waals surface area contributed by atoms with Gasteiger partial charge < -0.3 is 21.1 Å². The van der Waals surface area contributed by atoms with E-state index < -0.39 is 18.8 Å². The molecule has 4 heteroatoms. The molecule has 0 bridgehead atoms. The molecule has 0 rings (SSSR count). The second-order valence-electron chi connectivity index (χ2n) is 2.65. The summed E-state index contributed by atoms with van der Waals surface area (Å²) in [7, 11) is 0. The molecule has 11 heavy (non-hydrogen) atoms. The SMILES string of the molecule is CC(C)=C(N)C(O)C(O)CO. The van der Waals surface area contributed by atoms with E-state index >= 15 is 0 Å². The van der Waals surface area contributed by atoms with Crippen molar-refractivity contribution in [3.63, 3.8) is 0 Å². The lowest BCUT2D eigenvalue weighted by molar-refractivity contribution is 0.00306. The van der Waals surface area contributed by atoms with E-state index in [0.29, 0.717) is 0 Å². The smallest absolute Gasteiger partial charge is 0.121 e. The average molecular weight is 161 g/mol. The molecule has 0 aromatic heterocycles. The van der Waals surface area contributed by atoms with Crippen LogP contribution >= 0.6 is 0 Å². The van der Waals surface area contributed by atoms with Crippen molar-refractivity contribution in [1.82, 2.24) is 0 Å². The Hall–Kier alpha value is -0.580. The normalized spacial score (nSPS) is 15.7. The minimum Gasteiger partial charge on any atom is -0.400 e. The van der Waals surface area contributed by atoms with Crippen LogP contribution in [0.1, 0.15) is 13.8 Å². The van der Waals surface area contributed by atoms with Gasteiger partial charge in [0.25, 0.3) is 0 Å². The monoisotopic (exact) mass is 161 g/mol. The van der Waals surface area contributed by atoms with Crippen molar-refractivity contribution < 1.29 is 15.3 Å². The zero-order chi connectivity index (χ0) is 9.02. The molecule has 66 valence electrons. The summed E-state index contributed by atoms with van der Waals surface area (Å²) < 4.78 is 0. The van der Waals surface area contributed by atoms with Crippen molar-refractivity contribution in [2.75, 3.05) is 6.61 Å². The lowest BCUT2D eigenvalue weighted by atomic mass is 10.1. The summed E-state index contributed by atoms with van der Waals surface area (Å²) >= 11 is 0. The molecule has 0 aliphatic carbocycles. The first kappa shape index (κ1) is 10.4. The summed E-state index contributed by atoms with van der Waals surface area (Å²) in [5.41, 5.74) is 6.35. The van der Waals surface area contributed by atoms with E-state index in [9.17, 15) is 0 Å². The van der Waals surface area contributed by atoms with E-state index in [2.05, 4.69) is 0 Å². The Morgan fingerprint density at radius 1 is 1.36 bits per heavy atom. The maximum atomic E-state index is 9.16. The first-order chi connectivity index (χ1) is 5.00. The minimum absolute atomic E-state index is 0.214. The molecule has 0 saturated heterocycles. The quantitative estimate of drug-likeness (QED) is 0.425. The summed E-state index contributed by atoms with van der Waals surface area (Å²) in [4.78, 5) is 0. The van der Waals surface area contributed by atoms with Crippen LogP contribution in [-0.2, 0) is 0 Å². The number of rotatable bonds is 3. The van der Waals surface area contributed by atoms with Gasteiger partial charge in [-0.25, -0.2) is 0 Å². The highest BCUT2D eigenvalue weighted by Gasteiger charge is 2.17. The standard InChI is InChI=1S/C7H15NO3/c1-4(2)6(8)7(11)5(10)3-9/h5,7,9-11H,3,8H2,1-2H3. The first-order valence-electron chi connectivity index (χ1n) is 3.40. The van der Waals surface area contributed by atoms with E-state index in [4.69, 9.17) is 21.1 Å². The first-order valence-corrected chi connectivity index (χ1v) is 3.40. The highest BCUT2D eigenvalue weighted by atomic mass is 16.4. The molecule has 0 aromatic carbocycles. The molecule has 0 spiro atoms. The van der Waals surface area contributed by atoms with Crippen molar-refractivity contribution in [2.45, 2.75) is 26.1 Å². The van der Waals surface area contributed by atoms with E-state index in [0.717, 1.165) is 5.57 Å². The Balaban J connectivity index is 4.24. The van der Waals surface area contributed by atoms with Gasteiger partial charge in [0.2, 0.25) is 0 Å². The Morgan fingerprint density at radius 2 is 1.82 bits per heavy atom.